The van der Waals surface area contributed by atoms with Crippen LogP contribution in [0, 0.1) is 0 Å². The summed E-state index contributed by atoms with van der Waals surface area (Å²) in [6.07, 6.45) is 0.336. The molecule has 6 heteroatoms. The summed E-state index contributed by atoms with van der Waals surface area (Å²) >= 11 is 0. The van der Waals surface area contributed by atoms with Crippen molar-refractivity contribution in [2.24, 2.45) is 0 Å². The Labute approximate surface area is 153 Å². The number of amides is 2. The van der Waals surface area contributed by atoms with E-state index in [1.807, 2.05) is 42.5 Å². The van der Waals surface area contributed by atoms with E-state index in [1.165, 1.54) is 0 Å². The van der Waals surface area contributed by atoms with Crippen molar-refractivity contribution in [3.05, 3.63) is 65.7 Å². The molecular formula is C20H24N2O4. The Morgan fingerprint density at radius 2 is 1.58 bits per heavy atom. The van der Waals surface area contributed by atoms with E-state index >= 15 is 0 Å². The Balaban J connectivity index is 1.79. The molecule has 138 valence electrons. The second-order valence-electron chi connectivity index (χ2n) is 6.37. The molecule has 0 spiro atoms. The van der Waals surface area contributed by atoms with Gasteiger partial charge in [0.2, 0.25) is 0 Å². The molecule has 2 rings (SSSR count). The van der Waals surface area contributed by atoms with Gasteiger partial charge in [-0.2, -0.15) is 0 Å². The highest BCUT2D eigenvalue weighted by Gasteiger charge is 2.23. The molecule has 0 aliphatic rings. The van der Waals surface area contributed by atoms with E-state index < -0.39 is 17.4 Å². The van der Waals surface area contributed by atoms with Crippen molar-refractivity contribution in [3.8, 4) is 5.75 Å². The molecular weight excluding hydrogens is 332 g/mol. The average Bonchev–Trinajstić information content (AvgIpc) is 2.65. The summed E-state index contributed by atoms with van der Waals surface area (Å²) < 4.78 is 5.10. The third-order valence-corrected chi connectivity index (χ3v) is 3.88. The highest BCUT2D eigenvalue weighted by atomic mass is 16.5. The first-order valence-corrected chi connectivity index (χ1v) is 8.35. The fourth-order valence-electron chi connectivity index (χ4n) is 2.46. The van der Waals surface area contributed by atoms with Gasteiger partial charge >= 0.3 is 11.8 Å². The maximum Gasteiger partial charge on any atom is 0.309 e. The fourth-order valence-corrected chi connectivity index (χ4v) is 2.46. The normalized spacial score (nSPS) is 12.7. The lowest BCUT2D eigenvalue weighted by Gasteiger charge is -2.23. The predicted octanol–water partition coefficient (Wildman–Crippen LogP) is 1.42. The summed E-state index contributed by atoms with van der Waals surface area (Å²) in [6, 6.07) is 16.6. The van der Waals surface area contributed by atoms with Crippen LogP contribution in [0.2, 0.25) is 0 Å². The van der Waals surface area contributed by atoms with E-state index in [-0.39, 0.29) is 13.1 Å². The first-order valence-electron chi connectivity index (χ1n) is 8.35. The SMILES string of the molecule is COc1ccc(CC(C)(O)CNC(=O)C(=O)NCc2ccccc2)cc1. The smallest absolute Gasteiger partial charge is 0.309 e. The first-order chi connectivity index (χ1) is 12.4. The number of hydrogen-bond donors (Lipinski definition) is 3. The molecule has 0 fully saturated rings. The minimum Gasteiger partial charge on any atom is -0.497 e. The van der Waals surface area contributed by atoms with Crippen LogP contribution in [-0.4, -0.2) is 36.2 Å². The summed E-state index contributed by atoms with van der Waals surface area (Å²) in [7, 11) is 1.59. The number of carbonyl (C=O) groups excluding carboxylic acids is 2. The van der Waals surface area contributed by atoms with Crippen LogP contribution in [0.3, 0.4) is 0 Å². The molecule has 2 amide bonds. The molecule has 2 aromatic rings. The van der Waals surface area contributed by atoms with Crippen LogP contribution < -0.4 is 15.4 Å². The second-order valence-corrected chi connectivity index (χ2v) is 6.37. The monoisotopic (exact) mass is 356 g/mol. The molecule has 3 N–H and O–H groups in total. The maximum atomic E-state index is 11.9. The van der Waals surface area contributed by atoms with Gasteiger partial charge in [-0.1, -0.05) is 42.5 Å². The van der Waals surface area contributed by atoms with Crippen molar-refractivity contribution in [3.63, 3.8) is 0 Å². The highest BCUT2D eigenvalue weighted by Crippen LogP contribution is 2.16. The molecule has 26 heavy (non-hydrogen) atoms. The van der Waals surface area contributed by atoms with Gasteiger partial charge in [-0.15, -0.1) is 0 Å². The van der Waals surface area contributed by atoms with Crippen molar-refractivity contribution in [1.82, 2.24) is 10.6 Å². The van der Waals surface area contributed by atoms with Crippen molar-refractivity contribution in [2.45, 2.75) is 25.5 Å². The van der Waals surface area contributed by atoms with Gasteiger partial charge in [-0.3, -0.25) is 9.59 Å². The Morgan fingerprint density at radius 3 is 2.19 bits per heavy atom. The number of ether oxygens (including phenoxy) is 1. The van der Waals surface area contributed by atoms with Gasteiger partial charge < -0.3 is 20.5 Å². The van der Waals surface area contributed by atoms with Crippen LogP contribution in [0.5, 0.6) is 5.75 Å². The highest BCUT2D eigenvalue weighted by molar-refractivity contribution is 6.35. The van der Waals surface area contributed by atoms with E-state index in [0.717, 1.165) is 16.9 Å². The van der Waals surface area contributed by atoms with Crippen molar-refractivity contribution in [1.29, 1.82) is 0 Å². The molecule has 0 saturated heterocycles. The Hall–Kier alpha value is -2.86. The number of aliphatic hydroxyl groups is 1. The maximum absolute atomic E-state index is 11.9. The number of hydrogen-bond acceptors (Lipinski definition) is 4. The first kappa shape index (κ1) is 19.5. The van der Waals surface area contributed by atoms with Crippen LogP contribution in [0.4, 0.5) is 0 Å². The van der Waals surface area contributed by atoms with Crippen LogP contribution in [0.25, 0.3) is 0 Å². The summed E-state index contributed by atoms with van der Waals surface area (Å²) in [4.78, 5) is 23.7. The van der Waals surface area contributed by atoms with Gasteiger partial charge in [0.1, 0.15) is 5.75 Å². The zero-order valence-corrected chi connectivity index (χ0v) is 15.0. The molecule has 0 heterocycles. The third kappa shape index (κ3) is 6.22. The van der Waals surface area contributed by atoms with Crippen molar-refractivity contribution < 1.29 is 19.4 Å². The van der Waals surface area contributed by atoms with Crippen molar-refractivity contribution >= 4 is 11.8 Å². The van der Waals surface area contributed by atoms with Crippen LogP contribution >= 0.6 is 0 Å². The average molecular weight is 356 g/mol. The number of benzene rings is 2. The Kier molecular flexibility index (Phi) is 6.74. The van der Waals surface area contributed by atoms with Gasteiger partial charge in [0.05, 0.1) is 12.7 Å². The van der Waals surface area contributed by atoms with E-state index in [9.17, 15) is 14.7 Å². The van der Waals surface area contributed by atoms with Gasteiger partial charge in [0, 0.05) is 19.5 Å². The number of rotatable bonds is 7. The second kappa shape index (κ2) is 9.01. The van der Waals surface area contributed by atoms with E-state index in [1.54, 1.807) is 26.2 Å². The minimum absolute atomic E-state index is 0.0311. The molecule has 0 radical (unpaired) electrons. The lowest BCUT2D eigenvalue weighted by Crippen LogP contribution is -2.47. The topological polar surface area (TPSA) is 87.7 Å². The summed E-state index contributed by atoms with van der Waals surface area (Å²) in [5.41, 5.74) is 0.628. The molecule has 0 aromatic heterocycles. The number of methoxy groups -OCH3 is 1. The van der Waals surface area contributed by atoms with E-state index in [0.29, 0.717) is 6.42 Å². The molecule has 2 aromatic carbocycles. The Morgan fingerprint density at radius 1 is 0.962 bits per heavy atom. The molecule has 6 nitrogen and oxygen atoms in total. The standard InChI is InChI=1S/C20H24N2O4/c1-20(25,12-15-8-10-17(26-2)11-9-15)14-22-19(24)18(23)21-13-16-6-4-3-5-7-16/h3-11,25H,12-14H2,1-2H3,(H,21,23)(H,22,24). The molecule has 1 unspecified atom stereocenters. The number of nitrogens with one attached hydrogen (secondary N) is 2. The third-order valence-electron chi connectivity index (χ3n) is 3.88. The van der Waals surface area contributed by atoms with Crippen molar-refractivity contribution in [2.75, 3.05) is 13.7 Å². The molecule has 0 saturated carbocycles. The molecule has 0 aliphatic carbocycles. The lowest BCUT2D eigenvalue weighted by molar-refractivity contribution is -0.139. The minimum atomic E-state index is -1.18. The summed E-state index contributed by atoms with van der Waals surface area (Å²) in [5, 5.41) is 15.5. The molecule has 0 bridgehead atoms. The zero-order valence-electron chi connectivity index (χ0n) is 15.0. The lowest BCUT2D eigenvalue weighted by atomic mass is 9.96. The zero-order chi connectivity index (χ0) is 19.0. The van der Waals surface area contributed by atoms with Gasteiger partial charge in [-0.25, -0.2) is 0 Å². The summed E-state index contributed by atoms with van der Waals surface area (Å²) in [6.45, 7) is 1.85. The predicted molar refractivity (Wildman–Crippen MR) is 98.6 cm³/mol. The Bertz CT molecular complexity index is 727. The fraction of sp³-hybridized carbons (Fsp3) is 0.300. The number of carbonyl (C=O) groups is 2. The van der Waals surface area contributed by atoms with Gasteiger partial charge in [0.25, 0.3) is 0 Å². The van der Waals surface area contributed by atoms with Crippen LogP contribution in [0.1, 0.15) is 18.1 Å². The van der Waals surface area contributed by atoms with E-state index in [2.05, 4.69) is 10.6 Å². The van der Waals surface area contributed by atoms with Crippen LogP contribution in [-0.2, 0) is 22.6 Å². The summed E-state index contributed by atoms with van der Waals surface area (Å²) in [5.74, 6) is -0.762. The molecule has 1 atom stereocenters. The molecule has 0 aliphatic heterocycles. The van der Waals surface area contributed by atoms with E-state index in [4.69, 9.17) is 4.74 Å². The van der Waals surface area contributed by atoms with Crippen LogP contribution in [0.15, 0.2) is 54.6 Å². The van der Waals surface area contributed by atoms with Gasteiger partial charge in [0.15, 0.2) is 0 Å². The largest absolute Gasteiger partial charge is 0.497 e. The van der Waals surface area contributed by atoms with Gasteiger partial charge in [-0.05, 0) is 30.2 Å². The quantitative estimate of drug-likeness (QED) is 0.655.